The molecule has 2 aromatic rings. The molecule has 0 bridgehead atoms. The van der Waals surface area contributed by atoms with Crippen LogP contribution in [0.5, 0.6) is 5.75 Å². The van der Waals surface area contributed by atoms with E-state index < -0.39 is 0 Å². The summed E-state index contributed by atoms with van der Waals surface area (Å²) in [5, 5.41) is 9.09. The lowest BCUT2D eigenvalue weighted by Gasteiger charge is -2.04. The minimum absolute atomic E-state index is 0.190. The smallest absolute Gasteiger partial charge is 0.119 e. The quantitative estimate of drug-likeness (QED) is 0.695. The third-order valence-electron chi connectivity index (χ3n) is 2.56. The molecule has 0 aliphatic carbocycles. The van der Waals surface area contributed by atoms with E-state index in [1.165, 1.54) is 0 Å². The van der Waals surface area contributed by atoms with E-state index in [1.54, 1.807) is 13.3 Å². The highest BCUT2D eigenvalue weighted by Crippen LogP contribution is 2.34. The minimum Gasteiger partial charge on any atom is -0.497 e. The molecule has 15 heavy (non-hydrogen) atoms. The molecule has 4 nitrogen and oxygen atoms in total. The SMILES string of the molecule is COc1ccc2nncc([C@@H]3CO3)c2c1. The van der Waals surface area contributed by atoms with Crippen molar-refractivity contribution >= 4 is 10.9 Å². The van der Waals surface area contributed by atoms with Crippen LogP contribution in [0, 0.1) is 0 Å². The van der Waals surface area contributed by atoms with Crippen LogP contribution in [0.4, 0.5) is 0 Å². The van der Waals surface area contributed by atoms with Crippen LogP contribution in [0.25, 0.3) is 10.9 Å². The molecule has 1 fully saturated rings. The summed E-state index contributed by atoms with van der Waals surface area (Å²) in [5.41, 5.74) is 1.97. The van der Waals surface area contributed by atoms with Crippen LogP contribution in [0.3, 0.4) is 0 Å². The minimum atomic E-state index is 0.190. The van der Waals surface area contributed by atoms with Gasteiger partial charge < -0.3 is 9.47 Å². The summed E-state index contributed by atoms with van der Waals surface area (Å²) in [6, 6.07) is 5.77. The second kappa shape index (κ2) is 3.17. The van der Waals surface area contributed by atoms with Crippen molar-refractivity contribution < 1.29 is 9.47 Å². The predicted molar refractivity (Wildman–Crippen MR) is 54.8 cm³/mol. The molecule has 2 heterocycles. The number of benzene rings is 1. The topological polar surface area (TPSA) is 47.5 Å². The maximum absolute atomic E-state index is 5.27. The summed E-state index contributed by atoms with van der Waals surface area (Å²) in [6.07, 6.45) is 1.95. The van der Waals surface area contributed by atoms with Gasteiger partial charge in [0.15, 0.2) is 0 Å². The third kappa shape index (κ3) is 1.43. The molecular formula is C11H10N2O2. The van der Waals surface area contributed by atoms with Crippen LogP contribution >= 0.6 is 0 Å². The molecule has 0 saturated carbocycles. The van der Waals surface area contributed by atoms with Gasteiger partial charge >= 0.3 is 0 Å². The van der Waals surface area contributed by atoms with Crippen LogP contribution < -0.4 is 4.74 Å². The van der Waals surface area contributed by atoms with Crippen LogP contribution in [0.1, 0.15) is 11.7 Å². The Morgan fingerprint density at radius 1 is 1.47 bits per heavy atom. The Bertz CT molecular complexity index is 509. The monoisotopic (exact) mass is 202 g/mol. The number of rotatable bonds is 2. The predicted octanol–water partition coefficient (Wildman–Crippen LogP) is 1.71. The van der Waals surface area contributed by atoms with E-state index >= 15 is 0 Å². The number of epoxide rings is 1. The lowest BCUT2D eigenvalue weighted by molar-refractivity contribution is 0.413. The highest BCUT2D eigenvalue weighted by molar-refractivity contribution is 5.83. The normalized spacial score (nSPS) is 19.1. The number of hydrogen-bond acceptors (Lipinski definition) is 4. The first-order valence-electron chi connectivity index (χ1n) is 4.79. The molecular weight excluding hydrogens is 192 g/mol. The Morgan fingerprint density at radius 3 is 3.07 bits per heavy atom. The largest absolute Gasteiger partial charge is 0.497 e. The van der Waals surface area contributed by atoms with E-state index in [4.69, 9.17) is 9.47 Å². The standard InChI is InChI=1S/C11H10N2O2/c1-14-7-2-3-10-8(4-7)9(5-12-13-10)11-6-15-11/h2-5,11H,6H2,1H3/t11-/m0/s1. The van der Waals surface area contributed by atoms with Crippen molar-refractivity contribution in [1.82, 2.24) is 10.2 Å². The van der Waals surface area contributed by atoms with Gasteiger partial charge in [-0.05, 0) is 18.2 Å². The van der Waals surface area contributed by atoms with E-state index in [2.05, 4.69) is 10.2 Å². The highest BCUT2D eigenvalue weighted by atomic mass is 16.6. The summed E-state index contributed by atoms with van der Waals surface area (Å²) < 4.78 is 10.5. The Kier molecular flexibility index (Phi) is 1.82. The van der Waals surface area contributed by atoms with Crippen LogP contribution in [-0.4, -0.2) is 23.9 Å². The van der Waals surface area contributed by atoms with Gasteiger partial charge in [-0.25, -0.2) is 0 Å². The van der Waals surface area contributed by atoms with E-state index in [0.717, 1.165) is 28.8 Å². The van der Waals surface area contributed by atoms with Gasteiger partial charge in [-0.2, -0.15) is 10.2 Å². The first-order valence-corrected chi connectivity index (χ1v) is 4.79. The Labute approximate surface area is 86.8 Å². The number of methoxy groups -OCH3 is 1. The molecule has 1 saturated heterocycles. The van der Waals surface area contributed by atoms with Crippen LogP contribution in [0.15, 0.2) is 24.4 Å². The van der Waals surface area contributed by atoms with Crippen molar-refractivity contribution in [3.8, 4) is 5.75 Å². The molecule has 0 spiro atoms. The molecule has 0 N–H and O–H groups in total. The molecule has 1 aliphatic rings. The Morgan fingerprint density at radius 2 is 2.33 bits per heavy atom. The number of nitrogens with zero attached hydrogens (tertiary/aromatic N) is 2. The van der Waals surface area contributed by atoms with Crippen molar-refractivity contribution in [2.24, 2.45) is 0 Å². The molecule has 1 atom stereocenters. The van der Waals surface area contributed by atoms with Crippen molar-refractivity contribution in [2.45, 2.75) is 6.10 Å². The summed E-state index contributed by atoms with van der Waals surface area (Å²) in [4.78, 5) is 0. The molecule has 0 radical (unpaired) electrons. The van der Waals surface area contributed by atoms with Gasteiger partial charge in [0.25, 0.3) is 0 Å². The second-order valence-corrected chi connectivity index (χ2v) is 3.50. The van der Waals surface area contributed by atoms with Gasteiger partial charge in [0.2, 0.25) is 0 Å². The van der Waals surface area contributed by atoms with E-state index in [0.29, 0.717) is 0 Å². The number of ether oxygens (including phenoxy) is 2. The molecule has 0 amide bonds. The molecule has 3 rings (SSSR count). The molecule has 76 valence electrons. The third-order valence-corrected chi connectivity index (χ3v) is 2.56. The fraction of sp³-hybridized carbons (Fsp3) is 0.273. The summed E-state index contributed by atoms with van der Waals surface area (Å²) in [7, 11) is 1.66. The van der Waals surface area contributed by atoms with Crippen molar-refractivity contribution in [1.29, 1.82) is 0 Å². The molecule has 1 aromatic heterocycles. The van der Waals surface area contributed by atoms with E-state index in [1.807, 2.05) is 18.2 Å². The lowest BCUT2D eigenvalue weighted by atomic mass is 10.1. The van der Waals surface area contributed by atoms with Crippen molar-refractivity contribution in [2.75, 3.05) is 13.7 Å². The van der Waals surface area contributed by atoms with E-state index in [-0.39, 0.29) is 6.10 Å². The second-order valence-electron chi connectivity index (χ2n) is 3.50. The van der Waals surface area contributed by atoms with Gasteiger partial charge in [0.1, 0.15) is 11.9 Å². The van der Waals surface area contributed by atoms with Gasteiger partial charge in [0.05, 0.1) is 25.4 Å². The zero-order chi connectivity index (χ0) is 10.3. The molecule has 1 aliphatic heterocycles. The van der Waals surface area contributed by atoms with Gasteiger partial charge in [0, 0.05) is 10.9 Å². The fourth-order valence-electron chi connectivity index (χ4n) is 1.67. The zero-order valence-electron chi connectivity index (χ0n) is 8.30. The van der Waals surface area contributed by atoms with Crippen molar-refractivity contribution in [3.63, 3.8) is 0 Å². The molecule has 1 aromatic carbocycles. The van der Waals surface area contributed by atoms with E-state index in [9.17, 15) is 0 Å². The Balaban J connectivity index is 2.25. The average Bonchev–Trinajstić information content (AvgIpc) is 3.11. The number of fused-ring (bicyclic) bond motifs is 1. The molecule has 0 unspecified atom stereocenters. The zero-order valence-corrected chi connectivity index (χ0v) is 8.30. The van der Waals surface area contributed by atoms with Gasteiger partial charge in [-0.1, -0.05) is 0 Å². The van der Waals surface area contributed by atoms with Gasteiger partial charge in [-0.15, -0.1) is 0 Å². The van der Waals surface area contributed by atoms with Crippen LogP contribution in [-0.2, 0) is 4.74 Å². The first kappa shape index (κ1) is 8.61. The number of aromatic nitrogens is 2. The summed E-state index contributed by atoms with van der Waals surface area (Å²) in [6.45, 7) is 0.776. The average molecular weight is 202 g/mol. The Hall–Kier alpha value is -1.68. The van der Waals surface area contributed by atoms with Crippen molar-refractivity contribution in [3.05, 3.63) is 30.0 Å². The molecule has 4 heteroatoms. The maximum Gasteiger partial charge on any atom is 0.119 e. The summed E-state index contributed by atoms with van der Waals surface area (Å²) in [5.74, 6) is 0.831. The number of hydrogen-bond donors (Lipinski definition) is 0. The highest BCUT2D eigenvalue weighted by Gasteiger charge is 2.27. The maximum atomic E-state index is 5.27. The fourth-order valence-corrected chi connectivity index (χ4v) is 1.67. The first-order chi connectivity index (χ1) is 7.38. The van der Waals surface area contributed by atoms with Crippen LogP contribution in [0.2, 0.25) is 0 Å². The summed E-state index contributed by atoms with van der Waals surface area (Å²) >= 11 is 0. The van der Waals surface area contributed by atoms with Gasteiger partial charge in [-0.3, -0.25) is 0 Å². The lowest BCUT2D eigenvalue weighted by Crippen LogP contribution is -1.91.